The molecule has 2 fully saturated rings. The zero-order valence-electron chi connectivity index (χ0n) is 23.3. The maximum Gasteiger partial charge on any atom is 0.272 e. The van der Waals surface area contributed by atoms with Crippen molar-refractivity contribution in [3.8, 4) is 11.1 Å². The predicted molar refractivity (Wildman–Crippen MR) is 161 cm³/mol. The van der Waals surface area contributed by atoms with Crippen molar-refractivity contribution in [2.45, 2.75) is 38.1 Å². The van der Waals surface area contributed by atoms with E-state index in [0.29, 0.717) is 61.2 Å². The van der Waals surface area contributed by atoms with Crippen molar-refractivity contribution in [3.05, 3.63) is 88.2 Å². The first-order chi connectivity index (χ1) is 19.7. The van der Waals surface area contributed by atoms with Crippen LogP contribution in [0.15, 0.2) is 66.9 Å². The number of piperidine rings is 2. The number of benzene rings is 2. The van der Waals surface area contributed by atoms with Gasteiger partial charge in [-0.25, -0.2) is 0 Å². The van der Waals surface area contributed by atoms with Crippen LogP contribution in [0.25, 0.3) is 11.1 Å². The maximum absolute atomic E-state index is 13.6. The van der Waals surface area contributed by atoms with Gasteiger partial charge in [0.25, 0.3) is 5.91 Å². The second-order valence-electron chi connectivity index (χ2n) is 10.9. The number of pyridine rings is 1. The highest BCUT2D eigenvalue weighted by atomic mass is 35.5. The molecule has 3 aromatic rings. The number of carbonyl (C=O) groups excluding carboxylic acids is 3. The number of aromatic nitrogens is 1. The van der Waals surface area contributed by atoms with Gasteiger partial charge >= 0.3 is 0 Å². The largest absolute Gasteiger partial charge is 0.343 e. The van der Waals surface area contributed by atoms with E-state index >= 15 is 0 Å². The van der Waals surface area contributed by atoms with Gasteiger partial charge in [0.15, 0.2) is 0 Å². The lowest BCUT2D eigenvalue weighted by molar-refractivity contribution is -0.141. The van der Waals surface area contributed by atoms with Gasteiger partial charge < -0.3 is 14.7 Å². The zero-order chi connectivity index (χ0) is 29.1. The second-order valence-corrected chi connectivity index (χ2v) is 11.7. The molecule has 2 aliphatic rings. The van der Waals surface area contributed by atoms with E-state index < -0.39 is 0 Å². The summed E-state index contributed by atoms with van der Waals surface area (Å²) in [4.78, 5) is 48.9. The lowest BCUT2D eigenvalue weighted by Gasteiger charge is -2.44. The molecule has 0 radical (unpaired) electrons. The summed E-state index contributed by atoms with van der Waals surface area (Å²) in [6.07, 6.45) is 3.68. The molecule has 1 aromatic heterocycles. The highest BCUT2D eigenvalue weighted by Gasteiger charge is 2.39. The first kappa shape index (κ1) is 29.1. The molecule has 2 saturated heterocycles. The SMILES string of the molecule is CC(=O)N1CCC(C(=O)N2CCC(N(C)C(=O)c3ccc(-c4ccccc4)cn3)C(c3ccc(Cl)c(Cl)c3)C2)CC1. The summed E-state index contributed by atoms with van der Waals surface area (Å²) in [6.45, 7) is 3.79. The molecule has 3 heterocycles. The van der Waals surface area contributed by atoms with Crippen LogP contribution in [-0.4, -0.2) is 76.7 Å². The topological polar surface area (TPSA) is 73.8 Å². The average Bonchev–Trinajstić information content (AvgIpc) is 3.01. The van der Waals surface area contributed by atoms with Crippen LogP contribution >= 0.6 is 23.2 Å². The number of carbonyl (C=O) groups is 3. The first-order valence-electron chi connectivity index (χ1n) is 14.0. The Kier molecular flexibility index (Phi) is 8.95. The highest BCUT2D eigenvalue weighted by Crippen LogP contribution is 2.35. The Hall–Kier alpha value is -3.42. The van der Waals surface area contributed by atoms with E-state index in [1.165, 1.54) is 0 Å². The Bertz CT molecular complexity index is 1410. The van der Waals surface area contributed by atoms with E-state index in [-0.39, 0.29) is 35.6 Å². The Morgan fingerprint density at radius 3 is 2.20 bits per heavy atom. The molecular weight excluding hydrogens is 559 g/mol. The third kappa shape index (κ3) is 6.41. The number of amides is 3. The molecule has 2 atom stereocenters. The third-order valence-electron chi connectivity index (χ3n) is 8.46. The monoisotopic (exact) mass is 592 g/mol. The molecule has 5 rings (SSSR count). The zero-order valence-corrected chi connectivity index (χ0v) is 24.8. The minimum atomic E-state index is -0.170. The molecule has 2 unspecified atom stereocenters. The van der Waals surface area contributed by atoms with Gasteiger partial charge in [-0.3, -0.25) is 19.4 Å². The van der Waals surface area contributed by atoms with Gasteiger partial charge in [0.1, 0.15) is 5.69 Å². The molecule has 2 aliphatic heterocycles. The van der Waals surface area contributed by atoms with Crippen molar-refractivity contribution in [1.82, 2.24) is 19.7 Å². The van der Waals surface area contributed by atoms with E-state index in [1.807, 2.05) is 53.4 Å². The molecule has 7 nitrogen and oxygen atoms in total. The molecule has 0 N–H and O–H groups in total. The van der Waals surface area contributed by atoms with Crippen LogP contribution in [0.2, 0.25) is 10.0 Å². The first-order valence-corrected chi connectivity index (χ1v) is 14.8. The third-order valence-corrected chi connectivity index (χ3v) is 9.20. The molecule has 0 bridgehead atoms. The molecule has 9 heteroatoms. The summed E-state index contributed by atoms with van der Waals surface area (Å²) in [5, 5.41) is 0.898. The molecule has 0 aliphatic carbocycles. The summed E-state index contributed by atoms with van der Waals surface area (Å²) in [7, 11) is 1.80. The van der Waals surface area contributed by atoms with Gasteiger partial charge in [-0.15, -0.1) is 0 Å². The summed E-state index contributed by atoms with van der Waals surface area (Å²) in [6, 6.07) is 19.0. The molecule has 2 aromatic carbocycles. The number of likely N-dealkylation sites (N-methyl/N-ethyl adjacent to an activating group) is 1. The Labute approximate surface area is 251 Å². The number of hydrogen-bond donors (Lipinski definition) is 0. The molecule has 41 heavy (non-hydrogen) atoms. The van der Waals surface area contributed by atoms with E-state index in [1.54, 1.807) is 42.1 Å². The van der Waals surface area contributed by atoms with Crippen molar-refractivity contribution in [2.24, 2.45) is 5.92 Å². The van der Waals surface area contributed by atoms with Gasteiger partial charge in [-0.05, 0) is 48.6 Å². The summed E-state index contributed by atoms with van der Waals surface area (Å²) in [5.41, 5.74) is 3.28. The fourth-order valence-corrected chi connectivity index (χ4v) is 6.33. The fourth-order valence-electron chi connectivity index (χ4n) is 6.03. The van der Waals surface area contributed by atoms with Gasteiger partial charge in [0, 0.05) is 69.8 Å². The summed E-state index contributed by atoms with van der Waals surface area (Å²) < 4.78 is 0. The fraction of sp³-hybridized carbons (Fsp3) is 0.375. The molecule has 3 amide bonds. The molecule has 214 valence electrons. The van der Waals surface area contributed by atoms with E-state index in [2.05, 4.69) is 4.98 Å². The van der Waals surface area contributed by atoms with Gasteiger partial charge in [0.05, 0.1) is 10.0 Å². The lowest BCUT2D eigenvalue weighted by atomic mass is 9.84. The van der Waals surface area contributed by atoms with Gasteiger partial charge in [-0.2, -0.15) is 0 Å². The van der Waals surface area contributed by atoms with E-state index in [0.717, 1.165) is 16.7 Å². The van der Waals surface area contributed by atoms with Crippen LogP contribution in [-0.2, 0) is 9.59 Å². The number of halogens is 2. The van der Waals surface area contributed by atoms with Crippen molar-refractivity contribution in [3.63, 3.8) is 0 Å². The van der Waals surface area contributed by atoms with Crippen molar-refractivity contribution >= 4 is 40.9 Å². The van der Waals surface area contributed by atoms with Crippen LogP contribution < -0.4 is 0 Å². The number of likely N-dealkylation sites (tertiary alicyclic amines) is 2. The highest BCUT2D eigenvalue weighted by molar-refractivity contribution is 6.42. The van der Waals surface area contributed by atoms with E-state index in [9.17, 15) is 14.4 Å². The Balaban J connectivity index is 1.35. The van der Waals surface area contributed by atoms with Gasteiger partial charge in [-0.1, -0.05) is 65.7 Å². The standard InChI is InChI=1S/C32H34Cl2N4O3/c1-21(39)37-15-12-23(13-16-37)31(40)38-17-14-30(26(20-38)24-8-10-27(33)28(34)18-24)36(2)32(41)29-11-9-25(19-35-29)22-6-4-3-5-7-22/h3-11,18-19,23,26,30H,12-17,20H2,1-2H3. The van der Waals surface area contributed by atoms with Gasteiger partial charge in [0.2, 0.25) is 11.8 Å². The normalized spacial score (nSPS) is 19.6. The summed E-state index contributed by atoms with van der Waals surface area (Å²) >= 11 is 12.6. The second kappa shape index (κ2) is 12.6. The minimum absolute atomic E-state index is 0.0493. The van der Waals surface area contributed by atoms with Crippen molar-refractivity contribution in [1.29, 1.82) is 0 Å². The van der Waals surface area contributed by atoms with Crippen LogP contribution in [0.4, 0.5) is 0 Å². The Morgan fingerprint density at radius 1 is 0.854 bits per heavy atom. The van der Waals surface area contributed by atoms with Crippen LogP contribution in [0.3, 0.4) is 0 Å². The van der Waals surface area contributed by atoms with E-state index in [4.69, 9.17) is 23.2 Å². The van der Waals surface area contributed by atoms with Crippen LogP contribution in [0.1, 0.15) is 48.2 Å². The number of hydrogen-bond acceptors (Lipinski definition) is 4. The molecular formula is C32H34Cl2N4O3. The number of nitrogens with zero attached hydrogens (tertiary/aromatic N) is 4. The number of rotatable bonds is 5. The molecule has 0 spiro atoms. The quantitative estimate of drug-likeness (QED) is 0.377. The minimum Gasteiger partial charge on any atom is -0.343 e. The predicted octanol–water partition coefficient (Wildman–Crippen LogP) is 5.77. The molecule has 0 saturated carbocycles. The van der Waals surface area contributed by atoms with Crippen LogP contribution in [0, 0.1) is 5.92 Å². The average molecular weight is 594 g/mol. The van der Waals surface area contributed by atoms with Crippen LogP contribution in [0.5, 0.6) is 0 Å². The summed E-state index contributed by atoms with van der Waals surface area (Å²) in [5.74, 6) is -0.270. The van der Waals surface area contributed by atoms with Crippen molar-refractivity contribution < 1.29 is 14.4 Å². The smallest absolute Gasteiger partial charge is 0.272 e. The maximum atomic E-state index is 13.6. The Morgan fingerprint density at radius 2 is 1.56 bits per heavy atom. The van der Waals surface area contributed by atoms with Crippen molar-refractivity contribution in [2.75, 3.05) is 33.2 Å². The lowest BCUT2D eigenvalue weighted by Crippen LogP contribution is -2.53.